The van der Waals surface area contributed by atoms with Crippen LogP contribution in [0.15, 0.2) is 77.9 Å². The first-order chi connectivity index (χ1) is 12.7. The summed E-state index contributed by atoms with van der Waals surface area (Å²) in [6, 6.07) is 23.5. The number of hydrogen-bond acceptors (Lipinski definition) is 3. The van der Waals surface area contributed by atoms with Gasteiger partial charge in [0.15, 0.2) is 0 Å². The Labute approximate surface area is 151 Å². The molecule has 3 aromatic rings. The van der Waals surface area contributed by atoms with Crippen molar-refractivity contribution in [2.24, 2.45) is 5.10 Å². The third kappa shape index (κ3) is 4.54. The molecule has 3 aromatic carbocycles. The van der Waals surface area contributed by atoms with Crippen LogP contribution in [-0.4, -0.2) is 24.6 Å². The Kier molecular flexibility index (Phi) is 5.72. The Morgan fingerprint density at radius 3 is 2.42 bits per heavy atom. The van der Waals surface area contributed by atoms with Gasteiger partial charge >= 0.3 is 11.8 Å². The van der Waals surface area contributed by atoms with E-state index in [4.69, 9.17) is 0 Å². The fraction of sp³-hybridized carbons (Fsp3) is 0.0952. The Morgan fingerprint density at radius 2 is 1.58 bits per heavy atom. The molecule has 0 saturated heterocycles. The number of rotatable bonds is 5. The summed E-state index contributed by atoms with van der Waals surface area (Å²) in [6.07, 6.45) is 2.20. The quantitative estimate of drug-likeness (QED) is 0.424. The highest BCUT2D eigenvalue weighted by Crippen LogP contribution is 2.16. The van der Waals surface area contributed by atoms with Gasteiger partial charge < -0.3 is 5.32 Å². The molecule has 26 heavy (non-hydrogen) atoms. The molecule has 0 atom stereocenters. The standard InChI is InChI=1S/C21H19N3O2/c25-20(22-14-13-16-7-2-1-3-8-16)21(26)24-23-15-18-11-6-10-17-9-4-5-12-19(17)18/h1-12,15H,13-14H2,(H,22,25)(H,24,26). The van der Waals surface area contributed by atoms with Crippen molar-refractivity contribution in [1.82, 2.24) is 10.7 Å². The average Bonchev–Trinajstić information content (AvgIpc) is 2.69. The summed E-state index contributed by atoms with van der Waals surface area (Å²) in [4.78, 5) is 23.6. The number of amides is 2. The van der Waals surface area contributed by atoms with Crippen LogP contribution in [0.25, 0.3) is 10.8 Å². The first-order valence-electron chi connectivity index (χ1n) is 8.37. The number of fused-ring (bicyclic) bond motifs is 1. The van der Waals surface area contributed by atoms with E-state index in [9.17, 15) is 9.59 Å². The van der Waals surface area contributed by atoms with E-state index in [-0.39, 0.29) is 0 Å². The van der Waals surface area contributed by atoms with Crippen molar-refractivity contribution < 1.29 is 9.59 Å². The molecule has 0 aliphatic heterocycles. The summed E-state index contributed by atoms with van der Waals surface area (Å²) < 4.78 is 0. The summed E-state index contributed by atoms with van der Waals surface area (Å²) in [5.74, 6) is -1.48. The Hall–Kier alpha value is -3.47. The minimum atomic E-state index is -0.783. The van der Waals surface area contributed by atoms with E-state index in [1.807, 2.05) is 72.8 Å². The van der Waals surface area contributed by atoms with Gasteiger partial charge in [-0.25, -0.2) is 5.43 Å². The van der Waals surface area contributed by atoms with Crippen LogP contribution in [0.5, 0.6) is 0 Å². The second kappa shape index (κ2) is 8.58. The van der Waals surface area contributed by atoms with E-state index in [2.05, 4.69) is 15.8 Å². The topological polar surface area (TPSA) is 70.6 Å². The van der Waals surface area contributed by atoms with Crippen LogP contribution in [0.3, 0.4) is 0 Å². The van der Waals surface area contributed by atoms with Crippen LogP contribution in [0.1, 0.15) is 11.1 Å². The van der Waals surface area contributed by atoms with Crippen LogP contribution in [0.2, 0.25) is 0 Å². The molecule has 0 fully saturated rings. The molecule has 3 rings (SSSR count). The van der Waals surface area contributed by atoms with Gasteiger partial charge in [0.2, 0.25) is 0 Å². The SMILES string of the molecule is O=C(NCCc1ccccc1)C(=O)NN=Cc1cccc2ccccc12. The Morgan fingerprint density at radius 1 is 0.846 bits per heavy atom. The van der Waals surface area contributed by atoms with Gasteiger partial charge in [0, 0.05) is 12.1 Å². The molecule has 130 valence electrons. The predicted octanol–water partition coefficient (Wildman–Crippen LogP) is 2.65. The number of carbonyl (C=O) groups is 2. The van der Waals surface area contributed by atoms with E-state index in [1.165, 1.54) is 6.21 Å². The lowest BCUT2D eigenvalue weighted by molar-refractivity contribution is -0.139. The number of benzene rings is 3. The monoisotopic (exact) mass is 345 g/mol. The van der Waals surface area contributed by atoms with E-state index in [1.54, 1.807) is 0 Å². The number of carbonyl (C=O) groups excluding carboxylic acids is 2. The van der Waals surface area contributed by atoms with Crippen molar-refractivity contribution in [3.63, 3.8) is 0 Å². The van der Waals surface area contributed by atoms with Gasteiger partial charge in [-0.2, -0.15) is 5.10 Å². The Bertz CT molecular complexity index is 931. The first kappa shape index (κ1) is 17.4. The van der Waals surface area contributed by atoms with Crippen LogP contribution < -0.4 is 10.7 Å². The molecule has 2 amide bonds. The van der Waals surface area contributed by atoms with Crippen molar-refractivity contribution in [2.45, 2.75) is 6.42 Å². The highest BCUT2D eigenvalue weighted by atomic mass is 16.2. The zero-order valence-corrected chi connectivity index (χ0v) is 14.2. The Balaban J connectivity index is 1.51. The molecular formula is C21H19N3O2. The molecule has 0 unspecified atom stereocenters. The first-order valence-corrected chi connectivity index (χ1v) is 8.37. The molecule has 0 radical (unpaired) electrons. The van der Waals surface area contributed by atoms with Gasteiger partial charge in [0.25, 0.3) is 0 Å². The van der Waals surface area contributed by atoms with E-state index in [0.29, 0.717) is 13.0 Å². The van der Waals surface area contributed by atoms with E-state index in [0.717, 1.165) is 21.9 Å². The third-order valence-corrected chi connectivity index (χ3v) is 3.94. The molecular weight excluding hydrogens is 326 g/mol. The van der Waals surface area contributed by atoms with Gasteiger partial charge in [0.05, 0.1) is 6.21 Å². The molecule has 0 saturated carbocycles. The zero-order valence-electron chi connectivity index (χ0n) is 14.2. The maximum atomic E-state index is 11.8. The number of nitrogens with zero attached hydrogens (tertiary/aromatic N) is 1. The van der Waals surface area contributed by atoms with Crippen molar-refractivity contribution >= 4 is 28.8 Å². The highest BCUT2D eigenvalue weighted by Gasteiger charge is 2.11. The second-order valence-corrected chi connectivity index (χ2v) is 5.76. The fourth-order valence-corrected chi connectivity index (χ4v) is 2.62. The largest absolute Gasteiger partial charge is 0.347 e. The highest BCUT2D eigenvalue weighted by molar-refractivity contribution is 6.35. The average molecular weight is 345 g/mol. The van der Waals surface area contributed by atoms with Gasteiger partial charge in [-0.05, 0) is 22.8 Å². The van der Waals surface area contributed by atoms with Crippen molar-refractivity contribution in [1.29, 1.82) is 0 Å². The fourth-order valence-electron chi connectivity index (χ4n) is 2.62. The lowest BCUT2D eigenvalue weighted by Crippen LogP contribution is -2.38. The number of hydrazone groups is 1. The molecule has 0 aliphatic carbocycles. The molecule has 0 aliphatic rings. The predicted molar refractivity (Wildman–Crippen MR) is 103 cm³/mol. The maximum Gasteiger partial charge on any atom is 0.329 e. The van der Waals surface area contributed by atoms with E-state index < -0.39 is 11.8 Å². The molecule has 0 bridgehead atoms. The third-order valence-electron chi connectivity index (χ3n) is 3.94. The lowest BCUT2D eigenvalue weighted by atomic mass is 10.1. The van der Waals surface area contributed by atoms with Crippen LogP contribution in [0.4, 0.5) is 0 Å². The molecule has 0 heterocycles. The molecule has 2 N–H and O–H groups in total. The molecule has 5 nitrogen and oxygen atoms in total. The maximum absolute atomic E-state index is 11.8. The summed E-state index contributed by atoms with van der Waals surface area (Å²) in [5.41, 5.74) is 4.23. The van der Waals surface area contributed by atoms with Crippen molar-refractivity contribution in [3.8, 4) is 0 Å². The van der Waals surface area contributed by atoms with Crippen LogP contribution in [-0.2, 0) is 16.0 Å². The van der Waals surface area contributed by atoms with Crippen molar-refractivity contribution in [3.05, 3.63) is 83.9 Å². The minimum Gasteiger partial charge on any atom is -0.347 e. The zero-order chi connectivity index (χ0) is 18.2. The molecule has 0 spiro atoms. The van der Waals surface area contributed by atoms with Gasteiger partial charge in [-0.3, -0.25) is 9.59 Å². The number of nitrogens with one attached hydrogen (secondary N) is 2. The van der Waals surface area contributed by atoms with Crippen molar-refractivity contribution in [2.75, 3.05) is 6.54 Å². The number of hydrogen-bond donors (Lipinski definition) is 2. The van der Waals surface area contributed by atoms with Gasteiger partial charge in [-0.1, -0.05) is 72.8 Å². The summed E-state index contributed by atoms with van der Waals surface area (Å²) in [7, 11) is 0. The summed E-state index contributed by atoms with van der Waals surface area (Å²) in [6.45, 7) is 0.392. The van der Waals surface area contributed by atoms with Crippen LogP contribution >= 0.6 is 0 Å². The normalized spacial score (nSPS) is 10.8. The summed E-state index contributed by atoms with van der Waals surface area (Å²) in [5, 5.41) is 8.59. The molecule has 0 aromatic heterocycles. The second-order valence-electron chi connectivity index (χ2n) is 5.76. The molecule has 5 heteroatoms. The smallest absolute Gasteiger partial charge is 0.329 e. The van der Waals surface area contributed by atoms with Gasteiger partial charge in [0.1, 0.15) is 0 Å². The lowest BCUT2D eigenvalue weighted by Gasteiger charge is -2.04. The van der Waals surface area contributed by atoms with Crippen LogP contribution in [0, 0.1) is 0 Å². The summed E-state index contributed by atoms with van der Waals surface area (Å²) >= 11 is 0. The van der Waals surface area contributed by atoms with Gasteiger partial charge in [-0.15, -0.1) is 0 Å². The minimum absolute atomic E-state index is 0.392. The van der Waals surface area contributed by atoms with E-state index >= 15 is 0 Å².